The van der Waals surface area contributed by atoms with Crippen molar-refractivity contribution in [3.05, 3.63) is 45.7 Å². The van der Waals surface area contributed by atoms with Gasteiger partial charge in [-0.3, -0.25) is 19.4 Å². The van der Waals surface area contributed by atoms with Gasteiger partial charge in [0.15, 0.2) is 11.0 Å². The zero-order chi connectivity index (χ0) is 19.5. The van der Waals surface area contributed by atoms with Crippen molar-refractivity contribution in [3.8, 4) is 0 Å². The van der Waals surface area contributed by atoms with Gasteiger partial charge in [-0.1, -0.05) is 11.8 Å². The molecule has 1 heterocycles. The van der Waals surface area contributed by atoms with Crippen molar-refractivity contribution in [1.29, 1.82) is 0 Å². The van der Waals surface area contributed by atoms with Gasteiger partial charge in [0.1, 0.15) is 5.69 Å². The maximum Gasteiger partial charge on any atom is 0.416 e. The molecule has 12 heteroatoms. The minimum Gasteiger partial charge on any atom is -0.481 e. The Morgan fingerprint density at radius 1 is 1.27 bits per heavy atom. The van der Waals surface area contributed by atoms with Crippen LogP contribution in [0.3, 0.4) is 0 Å². The summed E-state index contributed by atoms with van der Waals surface area (Å²) in [5.41, 5.74) is 3.31. The van der Waals surface area contributed by atoms with Gasteiger partial charge in [0.2, 0.25) is 0 Å². The fourth-order valence-corrected chi connectivity index (χ4v) is 2.37. The Bertz CT molecular complexity index is 897. The third-order valence-corrected chi connectivity index (χ3v) is 3.83. The van der Waals surface area contributed by atoms with E-state index in [2.05, 4.69) is 15.3 Å². The van der Waals surface area contributed by atoms with E-state index in [1.165, 1.54) is 0 Å². The summed E-state index contributed by atoms with van der Waals surface area (Å²) in [7, 11) is 0. The summed E-state index contributed by atoms with van der Waals surface area (Å²) >= 11 is 0.719. The molecule has 0 saturated heterocycles. The Kier molecular flexibility index (Phi) is 5.55. The molecule has 26 heavy (non-hydrogen) atoms. The molecule has 0 unspecified atom stereocenters. The first-order chi connectivity index (χ1) is 12.1. The summed E-state index contributed by atoms with van der Waals surface area (Å²) in [6.45, 7) is 0. The molecule has 0 aliphatic rings. The van der Waals surface area contributed by atoms with E-state index < -0.39 is 34.9 Å². The van der Waals surface area contributed by atoms with Crippen molar-refractivity contribution in [1.82, 2.24) is 9.97 Å². The number of amides is 1. The zero-order valence-electron chi connectivity index (χ0n) is 12.8. The Morgan fingerprint density at radius 2 is 1.88 bits per heavy atom. The van der Waals surface area contributed by atoms with Crippen molar-refractivity contribution in [2.45, 2.75) is 11.3 Å². The van der Waals surface area contributed by atoms with Gasteiger partial charge in [-0.15, -0.1) is 0 Å². The van der Waals surface area contributed by atoms with Crippen LogP contribution in [0.4, 0.5) is 24.7 Å². The van der Waals surface area contributed by atoms with Gasteiger partial charge in [0, 0.05) is 5.56 Å². The molecule has 1 amide bonds. The fourth-order valence-electron chi connectivity index (χ4n) is 1.78. The number of nitrogens with two attached hydrogens (primary N) is 1. The molecule has 0 aliphatic heterocycles. The highest BCUT2D eigenvalue weighted by Crippen LogP contribution is 2.29. The van der Waals surface area contributed by atoms with Gasteiger partial charge < -0.3 is 16.2 Å². The van der Waals surface area contributed by atoms with Crippen molar-refractivity contribution in [3.63, 3.8) is 0 Å². The Hall–Kier alpha value is -3.02. The molecule has 0 aliphatic carbocycles. The molecule has 5 N–H and O–H groups in total. The number of nitrogens with one attached hydrogen (secondary N) is 2. The molecule has 2 rings (SSSR count). The quantitative estimate of drug-likeness (QED) is 0.452. The van der Waals surface area contributed by atoms with Gasteiger partial charge in [0.05, 0.1) is 11.3 Å². The number of nitrogen functional groups attached to an aromatic ring is 1. The molecule has 1 aromatic heterocycles. The summed E-state index contributed by atoms with van der Waals surface area (Å²) in [4.78, 5) is 40.5. The van der Waals surface area contributed by atoms with Crippen molar-refractivity contribution in [2.24, 2.45) is 0 Å². The van der Waals surface area contributed by atoms with Gasteiger partial charge in [-0.25, -0.2) is 4.98 Å². The predicted octanol–water partition coefficient (Wildman–Crippen LogP) is 1.80. The molecule has 0 spiro atoms. The van der Waals surface area contributed by atoms with Crippen LogP contribution in [-0.4, -0.2) is 32.7 Å². The molecule has 1 aromatic carbocycles. The van der Waals surface area contributed by atoms with Gasteiger partial charge in [-0.2, -0.15) is 13.2 Å². The second-order valence-corrected chi connectivity index (χ2v) is 5.81. The van der Waals surface area contributed by atoms with Crippen LogP contribution in [0.15, 0.2) is 34.2 Å². The summed E-state index contributed by atoms with van der Waals surface area (Å²) in [6.07, 6.45) is -4.54. The molecule has 0 bridgehead atoms. The predicted molar refractivity (Wildman–Crippen MR) is 87.0 cm³/mol. The second kappa shape index (κ2) is 7.47. The molecular weight excluding hydrogens is 377 g/mol. The Balaban J connectivity index is 2.18. The Morgan fingerprint density at radius 3 is 2.38 bits per heavy atom. The highest BCUT2D eigenvalue weighted by Gasteiger charge is 2.30. The van der Waals surface area contributed by atoms with Crippen LogP contribution >= 0.6 is 11.8 Å². The van der Waals surface area contributed by atoms with Gasteiger partial charge in [-0.05, 0) is 24.3 Å². The number of H-pyrrole nitrogens is 1. The number of aliphatic carboxylic acids is 1. The van der Waals surface area contributed by atoms with Crippen LogP contribution < -0.4 is 16.6 Å². The minimum absolute atomic E-state index is 0.0533. The number of carbonyl (C=O) groups excluding carboxylic acids is 1. The number of anilines is 2. The normalized spacial score (nSPS) is 11.2. The number of hydrogen-bond acceptors (Lipinski definition) is 6. The third kappa shape index (κ3) is 4.75. The minimum atomic E-state index is -4.54. The first kappa shape index (κ1) is 19.3. The second-order valence-electron chi connectivity index (χ2n) is 4.84. The average molecular weight is 388 g/mol. The fraction of sp³-hybridized carbons (Fsp3) is 0.143. The number of halogens is 3. The molecule has 138 valence electrons. The van der Waals surface area contributed by atoms with E-state index in [9.17, 15) is 27.6 Å². The third-order valence-electron chi connectivity index (χ3n) is 2.97. The van der Waals surface area contributed by atoms with E-state index in [0.717, 1.165) is 36.0 Å². The smallest absolute Gasteiger partial charge is 0.416 e. The highest BCUT2D eigenvalue weighted by molar-refractivity contribution is 7.99. The molecule has 2 aromatic rings. The summed E-state index contributed by atoms with van der Waals surface area (Å²) in [5, 5.41) is 10.7. The summed E-state index contributed by atoms with van der Waals surface area (Å²) in [5.74, 6) is -2.71. The topological polar surface area (TPSA) is 138 Å². The lowest BCUT2D eigenvalue weighted by Gasteiger charge is -2.09. The number of aromatic amines is 1. The SMILES string of the molecule is Nc1nc(SCC(=O)O)[nH]c(=O)c1NC(=O)c1ccc(C(F)(F)F)cc1. The van der Waals surface area contributed by atoms with E-state index in [-0.39, 0.29) is 22.3 Å². The number of carboxylic acid groups (broad SMARTS) is 1. The van der Waals surface area contributed by atoms with Gasteiger partial charge in [0.25, 0.3) is 11.5 Å². The maximum absolute atomic E-state index is 12.5. The van der Waals surface area contributed by atoms with Crippen molar-refractivity contribution in [2.75, 3.05) is 16.8 Å². The molecule has 0 radical (unpaired) electrons. The summed E-state index contributed by atoms with van der Waals surface area (Å²) in [6, 6.07) is 3.36. The van der Waals surface area contributed by atoms with Crippen LogP contribution in [0, 0.1) is 0 Å². The molecule has 8 nitrogen and oxygen atoms in total. The molecule has 0 atom stereocenters. The average Bonchev–Trinajstić information content (AvgIpc) is 2.55. The lowest BCUT2D eigenvalue weighted by Crippen LogP contribution is -2.23. The standard InChI is InChI=1S/C14H11F3N4O4S/c15-14(16,17)7-3-1-6(2-4-7)11(24)19-9-10(18)20-13(21-12(9)25)26-5-8(22)23/h1-4H,5H2,(H,19,24)(H,22,23)(H3,18,20,21,25). The first-order valence-electron chi connectivity index (χ1n) is 6.81. The maximum atomic E-state index is 12.5. The zero-order valence-corrected chi connectivity index (χ0v) is 13.6. The number of hydrogen-bond donors (Lipinski definition) is 4. The van der Waals surface area contributed by atoms with Crippen LogP contribution in [-0.2, 0) is 11.0 Å². The monoisotopic (exact) mass is 388 g/mol. The first-order valence-corrected chi connectivity index (χ1v) is 7.79. The van der Waals surface area contributed by atoms with Gasteiger partial charge >= 0.3 is 12.1 Å². The number of carbonyl (C=O) groups is 2. The van der Waals surface area contributed by atoms with E-state index in [4.69, 9.17) is 10.8 Å². The van der Waals surface area contributed by atoms with Crippen molar-refractivity contribution < 1.29 is 27.9 Å². The van der Waals surface area contributed by atoms with E-state index in [1.54, 1.807) is 0 Å². The number of thioether (sulfide) groups is 1. The Labute approximate surface area is 147 Å². The van der Waals surface area contributed by atoms with Crippen LogP contribution in [0.5, 0.6) is 0 Å². The number of rotatable bonds is 5. The number of carboxylic acids is 1. The number of nitrogens with zero attached hydrogens (tertiary/aromatic N) is 1. The van der Waals surface area contributed by atoms with Crippen LogP contribution in [0.25, 0.3) is 0 Å². The molecule has 0 fully saturated rings. The molecule has 0 saturated carbocycles. The van der Waals surface area contributed by atoms with E-state index in [1.807, 2.05) is 0 Å². The van der Waals surface area contributed by atoms with Crippen LogP contribution in [0.2, 0.25) is 0 Å². The highest BCUT2D eigenvalue weighted by atomic mass is 32.2. The number of benzene rings is 1. The van der Waals surface area contributed by atoms with Crippen LogP contribution in [0.1, 0.15) is 15.9 Å². The van der Waals surface area contributed by atoms with E-state index in [0.29, 0.717) is 0 Å². The van der Waals surface area contributed by atoms with E-state index >= 15 is 0 Å². The molecular formula is C14H11F3N4O4S. The van der Waals surface area contributed by atoms with Crippen molar-refractivity contribution >= 4 is 35.1 Å². The lowest BCUT2D eigenvalue weighted by atomic mass is 10.1. The lowest BCUT2D eigenvalue weighted by molar-refractivity contribution is -0.137. The number of aromatic nitrogens is 2. The number of alkyl halides is 3. The largest absolute Gasteiger partial charge is 0.481 e. The summed E-state index contributed by atoms with van der Waals surface area (Å²) < 4.78 is 37.5.